The monoisotopic (exact) mass is 256 g/mol. The Morgan fingerprint density at radius 3 is 2.63 bits per heavy atom. The van der Waals surface area contributed by atoms with Crippen molar-refractivity contribution in [3.63, 3.8) is 0 Å². The van der Waals surface area contributed by atoms with Gasteiger partial charge in [-0.2, -0.15) is 0 Å². The van der Waals surface area contributed by atoms with Crippen molar-refractivity contribution in [1.29, 1.82) is 0 Å². The van der Waals surface area contributed by atoms with Crippen molar-refractivity contribution in [2.75, 3.05) is 0 Å². The Morgan fingerprint density at radius 1 is 1.21 bits per heavy atom. The molecule has 0 N–H and O–H groups in total. The van der Waals surface area contributed by atoms with Gasteiger partial charge in [-0.05, 0) is 56.1 Å². The van der Waals surface area contributed by atoms with Crippen LogP contribution in [-0.4, -0.2) is 12.1 Å². The molecule has 1 fully saturated rings. The van der Waals surface area contributed by atoms with E-state index in [1.54, 1.807) is 0 Å². The number of carbonyl (C=O) groups is 1. The normalized spacial score (nSPS) is 28.1. The fourth-order valence-corrected chi connectivity index (χ4v) is 3.42. The van der Waals surface area contributed by atoms with E-state index >= 15 is 0 Å². The van der Waals surface area contributed by atoms with Crippen LogP contribution < -0.4 is 0 Å². The molecule has 2 aliphatic rings. The van der Waals surface area contributed by atoms with E-state index in [1.165, 1.54) is 18.4 Å². The number of hydrogen-bond acceptors (Lipinski definition) is 2. The average Bonchev–Trinajstić information content (AvgIpc) is 3.00. The largest absolute Gasteiger partial charge is 0.459 e. The minimum absolute atomic E-state index is 0.0690. The zero-order chi connectivity index (χ0) is 13.4. The third kappa shape index (κ3) is 2.32. The second-order valence-electron chi connectivity index (χ2n) is 5.93. The van der Waals surface area contributed by atoms with Crippen LogP contribution in [0.3, 0.4) is 0 Å². The Bertz CT molecular complexity index is 516. The maximum absolute atomic E-state index is 12.2. The van der Waals surface area contributed by atoms with Crippen LogP contribution in [0.15, 0.2) is 36.4 Å². The van der Waals surface area contributed by atoms with Crippen molar-refractivity contribution in [2.24, 2.45) is 11.8 Å². The smallest absolute Gasteiger partial charge is 0.338 e. The number of fused-ring (bicyclic) bond motifs is 2. The number of ether oxygens (including phenoxy) is 1. The molecule has 0 radical (unpaired) electrons. The predicted molar refractivity (Wildman–Crippen MR) is 75.1 cm³/mol. The zero-order valence-corrected chi connectivity index (χ0v) is 11.5. The fourth-order valence-electron chi connectivity index (χ4n) is 3.42. The molecule has 2 bridgehead atoms. The van der Waals surface area contributed by atoms with Crippen LogP contribution in [0, 0.1) is 11.8 Å². The van der Waals surface area contributed by atoms with Gasteiger partial charge in [0.25, 0.3) is 0 Å². The van der Waals surface area contributed by atoms with Gasteiger partial charge in [-0.1, -0.05) is 30.4 Å². The van der Waals surface area contributed by atoms with Gasteiger partial charge < -0.3 is 4.74 Å². The van der Waals surface area contributed by atoms with Crippen LogP contribution >= 0.6 is 0 Å². The molecule has 3 atom stereocenters. The predicted octanol–water partition coefficient (Wildman–Crippen LogP) is 3.93. The molecule has 1 aromatic carbocycles. The topological polar surface area (TPSA) is 26.3 Å². The lowest BCUT2D eigenvalue weighted by molar-refractivity contribution is 0.0376. The number of rotatable bonds is 3. The molecule has 0 aliphatic heterocycles. The highest BCUT2D eigenvalue weighted by Gasteiger charge is 2.38. The standard InChI is InChI=1S/C17H20O2/c1-11(2)19-17(18)15-6-4-3-5-14(15)16-10-12-7-8-13(16)9-12/h3-8,11-13,16H,9-10H2,1-2H3. The summed E-state index contributed by atoms with van der Waals surface area (Å²) in [7, 11) is 0. The van der Waals surface area contributed by atoms with E-state index in [0.717, 1.165) is 5.56 Å². The quantitative estimate of drug-likeness (QED) is 0.605. The first kappa shape index (κ1) is 12.5. The first-order chi connectivity index (χ1) is 9.15. The van der Waals surface area contributed by atoms with Crippen molar-refractivity contribution >= 4 is 5.97 Å². The van der Waals surface area contributed by atoms with E-state index in [9.17, 15) is 4.79 Å². The molecule has 19 heavy (non-hydrogen) atoms. The van der Waals surface area contributed by atoms with E-state index in [0.29, 0.717) is 17.8 Å². The van der Waals surface area contributed by atoms with E-state index in [4.69, 9.17) is 4.74 Å². The Labute approximate surface area is 114 Å². The van der Waals surface area contributed by atoms with Gasteiger partial charge in [0.1, 0.15) is 0 Å². The Hall–Kier alpha value is -1.57. The van der Waals surface area contributed by atoms with Crippen molar-refractivity contribution in [1.82, 2.24) is 0 Å². The summed E-state index contributed by atoms with van der Waals surface area (Å²) >= 11 is 0. The molecular formula is C17H20O2. The first-order valence-corrected chi connectivity index (χ1v) is 7.13. The van der Waals surface area contributed by atoms with Gasteiger partial charge in [-0.3, -0.25) is 0 Å². The van der Waals surface area contributed by atoms with Gasteiger partial charge in [0.05, 0.1) is 11.7 Å². The molecule has 3 unspecified atom stereocenters. The molecule has 2 nitrogen and oxygen atoms in total. The molecule has 0 heterocycles. The van der Waals surface area contributed by atoms with Crippen molar-refractivity contribution in [3.8, 4) is 0 Å². The number of hydrogen-bond donors (Lipinski definition) is 0. The molecule has 0 amide bonds. The summed E-state index contributed by atoms with van der Waals surface area (Å²) < 4.78 is 5.36. The van der Waals surface area contributed by atoms with Crippen LogP contribution in [0.25, 0.3) is 0 Å². The summed E-state index contributed by atoms with van der Waals surface area (Å²) in [5.41, 5.74) is 1.92. The summed E-state index contributed by atoms with van der Waals surface area (Å²) in [5, 5.41) is 0. The Balaban J connectivity index is 1.90. The molecule has 1 saturated carbocycles. The first-order valence-electron chi connectivity index (χ1n) is 7.13. The van der Waals surface area contributed by atoms with Crippen molar-refractivity contribution in [3.05, 3.63) is 47.5 Å². The lowest BCUT2D eigenvalue weighted by Gasteiger charge is -2.21. The van der Waals surface area contributed by atoms with E-state index in [2.05, 4.69) is 18.2 Å². The van der Waals surface area contributed by atoms with Gasteiger partial charge in [0, 0.05) is 0 Å². The Kier molecular flexibility index (Phi) is 3.17. The average molecular weight is 256 g/mol. The lowest BCUT2D eigenvalue weighted by atomic mass is 9.84. The van der Waals surface area contributed by atoms with E-state index < -0.39 is 0 Å². The van der Waals surface area contributed by atoms with Gasteiger partial charge in [0.2, 0.25) is 0 Å². The maximum Gasteiger partial charge on any atom is 0.338 e. The summed E-state index contributed by atoms with van der Waals surface area (Å²) in [6.07, 6.45) is 7.01. The highest BCUT2D eigenvalue weighted by atomic mass is 16.5. The second kappa shape index (κ2) is 4.84. The Morgan fingerprint density at radius 2 is 2.00 bits per heavy atom. The molecule has 2 heteroatoms. The van der Waals surface area contributed by atoms with Gasteiger partial charge >= 0.3 is 5.97 Å². The maximum atomic E-state index is 12.2. The lowest BCUT2D eigenvalue weighted by Crippen LogP contribution is -2.16. The van der Waals surface area contributed by atoms with Crippen LogP contribution in [0.2, 0.25) is 0 Å². The molecule has 0 aromatic heterocycles. The SMILES string of the molecule is CC(C)OC(=O)c1ccccc1C1CC2C=CC1C2. The van der Waals surface area contributed by atoms with E-state index in [1.807, 2.05) is 32.0 Å². The highest BCUT2D eigenvalue weighted by Crippen LogP contribution is 2.49. The van der Waals surface area contributed by atoms with E-state index in [-0.39, 0.29) is 12.1 Å². The summed E-state index contributed by atoms with van der Waals surface area (Å²) in [6, 6.07) is 7.94. The summed E-state index contributed by atoms with van der Waals surface area (Å²) in [6.45, 7) is 3.78. The second-order valence-corrected chi connectivity index (χ2v) is 5.93. The van der Waals surface area contributed by atoms with Crippen LogP contribution in [-0.2, 0) is 4.74 Å². The highest BCUT2D eigenvalue weighted by molar-refractivity contribution is 5.91. The van der Waals surface area contributed by atoms with Gasteiger partial charge in [0.15, 0.2) is 0 Å². The fraction of sp³-hybridized carbons (Fsp3) is 0.471. The minimum atomic E-state index is -0.183. The molecule has 100 valence electrons. The van der Waals surface area contributed by atoms with Crippen molar-refractivity contribution < 1.29 is 9.53 Å². The molecule has 2 aliphatic carbocycles. The summed E-state index contributed by atoms with van der Waals surface area (Å²) in [4.78, 5) is 12.2. The molecule has 3 rings (SSSR count). The number of allylic oxidation sites excluding steroid dienone is 2. The third-order valence-corrected chi connectivity index (χ3v) is 4.20. The van der Waals surface area contributed by atoms with Gasteiger partial charge in [-0.25, -0.2) is 4.79 Å². The third-order valence-electron chi connectivity index (χ3n) is 4.20. The molecule has 1 aromatic rings. The van der Waals surface area contributed by atoms with Crippen LogP contribution in [0.5, 0.6) is 0 Å². The van der Waals surface area contributed by atoms with Crippen molar-refractivity contribution in [2.45, 2.75) is 38.7 Å². The summed E-state index contributed by atoms with van der Waals surface area (Å²) in [5.74, 6) is 1.63. The van der Waals surface area contributed by atoms with Crippen LogP contribution in [0.1, 0.15) is 48.5 Å². The van der Waals surface area contributed by atoms with Gasteiger partial charge in [-0.15, -0.1) is 0 Å². The molecule has 0 saturated heterocycles. The number of benzene rings is 1. The zero-order valence-electron chi connectivity index (χ0n) is 11.5. The number of carbonyl (C=O) groups excluding carboxylic acids is 1. The number of esters is 1. The van der Waals surface area contributed by atoms with Crippen LogP contribution in [0.4, 0.5) is 0 Å². The molecule has 0 spiro atoms. The minimum Gasteiger partial charge on any atom is -0.459 e. The molecular weight excluding hydrogens is 236 g/mol.